The van der Waals surface area contributed by atoms with Crippen molar-refractivity contribution in [2.45, 2.75) is 67.9 Å². The number of carbonyl (C=O) groups is 6. The van der Waals surface area contributed by atoms with Crippen molar-refractivity contribution in [2.75, 3.05) is 13.1 Å². The molecule has 0 heterocycles. The van der Waals surface area contributed by atoms with Gasteiger partial charge in [-0.15, -0.1) is 0 Å². The maximum atomic E-state index is 12.8. The molecule has 0 radical (unpaired) electrons. The number of guanidine groups is 1. The molecule has 0 rings (SSSR count). The molecule has 12 N–H and O–H groups in total. The first-order chi connectivity index (χ1) is 16.9. The summed E-state index contributed by atoms with van der Waals surface area (Å²) in [7, 11) is 0. The van der Waals surface area contributed by atoms with Crippen molar-refractivity contribution in [1.82, 2.24) is 21.3 Å². The third-order valence-corrected chi connectivity index (χ3v) is 6.01. The number of nitrogens with two attached hydrogens (primary N) is 4. The number of nitrogens with one attached hydrogen (secondary N) is 4. The number of nitrogens with zero attached hydrogens (tertiary/aromatic N) is 1. The van der Waals surface area contributed by atoms with Crippen LogP contribution in [0.5, 0.6) is 0 Å². The maximum absolute atomic E-state index is 12.8. The summed E-state index contributed by atoms with van der Waals surface area (Å²) in [6.07, 6.45) is 1.00. The van der Waals surface area contributed by atoms with Gasteiger partial charge >= 0.3 is 160 Å². The van der Waals surface area contributed by atoms with Crippen molar-refractivity contribution in [3.8, 4) is 0 Å². The Morgan fingerprint density at radius 3 is 2.19 bits per heavy atom. The second kappa shape index (κ2) is 18.1. The van der Waals surface area contributed by atoms with E-state index in [2.05, 4.69) is 26.3 Å². The molecule has 5 amide bonds. The number of aldehydes is 1. The Bertz CT molecular complexity index is 807. The van der Waals surface area contributed by atoms with Gasteiger partial charge < -0.3 is 15.8 Å². The Morgan fingerprint density at radius 2 is 1.64 bits per heavy atom. The fourth-order valence-electron chi connectivity index (χ4n) is 2.73. The van der Waals surface area contributed by atoms with Crippen LogP contribution in [0.15, 0.2) is 4.99 Å². The molecule has 0 aromatic rings. The third kappa shape index (κ3) is 14.9. The van der Waals surface area contributed by atoms with Gasteiger partial charge in [0, 0.05) is 0 Å². The van der Waals surface area contributed by atoms with E-state index >= 15 is 0 Å². The van der Waals surface area contributed by atoms with Crippen LogP contribution in [0.3, 0.4) is 0 Å². The summed E-state index contributed by atoms with van der Waals surface area (Å²) in [4.78, 5) is 75.0. The summed E-state index contributed by atoms with van der Waals surface area (Å²) < 4.78 is 0. The zero-order chi connectivity index (χ0) is 27.7. The zero-order valence-electron chi connectivity index (χ0n) is 20.5. The molecule has 0 aliphatic rings. The van der Waals surface area contributed by atoms with E-state index < -0.39 is 60.2 Å². The summed E-state index contributed by atoms with van der Waals surface area (Å²) in [5.41, 5.74) is 21.5. The van der Waals surface area contributed by atoms with Gasteiger partial charge in [0.05, 0.1) is 12.5 Å². The van der Waals surface area contributed by atoms with E-state index in [9.17, 15) is 28.8 Å². The van der Waals surface area contributed by atoms with Gasteiger partial charge in [0.2, 0.25) is 11.8 Å². The van der Waals surface area contributed by atoms with Crippen molar-refractivity contribution in [3.05, 3.63) is 0 Å². The van der Waals surface area contributed by atoms with Crippen molar-refractivity contribution in [3.63, 3.8) is 0 Å². The predicted octanol–water partition coefficient (Wildman–Crippen LogP) is -4.41. The summed E-state index contributed by atoms with van der Waals surface area (Å²) in [5, 5.41) is 10.4. The number of rotatable bonds is 18. The Morgan fingerprint density at radius 1 is 0.972 bits per heavy atom. The molecule has 0 aromatic carbocycles. The van der Waals surface area contributed by atoms with Crippen molar-refractivity contribution < 1.29 is 28.8 Å². The molecule has 204 valence electrons. The molecular weight excluding hydrogens is 541 g/mol. The molecule has 16 heteroatoms. The van der Waals surface area contributed by atoms with Gasteiger partial charge in [-0.1, -0.05) is 0 Å². The molecule has 0 saturated heterocycles. The zero-order valence-corrected chi connectivity index (χ0v) is 22.2. The van der Waals surface area contributed by atoms with Crippen LogP contribution in [-0.2, 0) is 28.8 Å². The Labute approximate surface area is 215 Å². The van der Waals surface area contributed by atoms with Gasteiger partial charge in [0.25, 0.3) is 0 Å². The molecule has 0 bridgehead atoms. The minimum Gasteiger partial charge on any atom is -0.370 e. The molecule has 4 atom stereocenters. The second-order valence-electron chi connectivity index (χ2n) is 7.83. The van der Waals surface area contributed by atoms with Crippen LogP contribution in [-0.4, -0.2) is 94.0 Å². The molecule has 0 saturated carbocycles. The third-order valence-electron chi connectivity index (χ3n) is 4.65. The standard InChI is InChI=1S/C20H37N9O6Se/c1-11(17(33)26-9-16(32)28-12(10-30)8-15(22)31)27-19(35)14(4-3-6-25-20(23)24)29-18(34)13(21)5-7-36-2/h10-14H,3-9,21H2,1-2H3,(H2,22,31)(H,26,33)(H,27,35)(H,28,32)(H,29,34)(H4,23,24,25)/t11-,12-,13-,14-/m0/s1. The van der Waals surface area contributed by atoms with E-state index in [1.54, 1.807) is 0 Å². The van der Waals surface area contributed by atoms with Crippen LogP contribution in [0.1, 0.15) is 32.6 Å². The van der Waals surface area contributed by atoms with Gasteiger partial charge in [0.15, 0.2) is 0 Å². The summed E-state index contributed by atoms with van der Waals surface area (Å²) in [5.74, 6) is -1.40. The SMILES string of the molecule is C[Se]CC[C@H](N)C(=O)N[C@@H](CCCN=C(N)N)C(=O)N[C@@H](C)C(=O)NCC(=O)N[C@H](C=O)CC(N)=O. The Kier molecular flexibility index (Phi) is 16.5. The van der Waals surface area contributed by atoms with E-state index in [1.165, 1.54) is 6.92 Å². The molecule has 0 aliphatic heterocycles. The van der Waals surface area contributed by atoms with Crippen molar-refractivity contribution in [2.24, 2.45) is 27.9 Å². The summed E-state index contributed by atoms with van der Waals surface area (Å²) in [6.45, 7) is 1.11. The van der Waals surface area contributed by atoms with Gasteiger partial charge in [0.1, 0.15) is 6.29 Å². The first kappa shape index (κ1) is 32.8. The normalized spacial score (nSPS) is 13.8. The minimum atomic E-state index is -1.11. The van der Waals surface area contributed by atoms with Gasteiger partial charge in [-0.3, -0.25) is 9.59 Å². The molecule has 0 fully saturated rings. The number of hydrogen-bond donors (Lipinski definition) is 8. The van der Waals surface area contributed by atoms with E-state index in [0.717, 1.165) is 5.32 Å². The summed E-state index contributed by atoms with van der Waals surface area (Å²) in [6, 6.07) is -3.95. The topological polar surface area (TPSA) is 267 Å². The monoisotopic (exact) mass is 579 g/mol. The van der Waals surface area contributed by atoms with Crippen LogP contribution < -0.4 is 44.2 Å². The van der Waals surface area contributed by atoms with Crippen LogP contribution in [0, 0.1) is 0 Å². The number of carbonyl (C=O) groups excluding carboxylic acids is 6. The molecule has 0 aliphatic carbocycles. The van der Waals surface area contributed by atoms with Gasteiger partial charge in [-0.05, 0) is 0 Å². The first-order valence-corrected chi connectivity index (χ1v) is 14.0. The Balaban J connectivity index is 4.97. The van der Waals surface area contributed by atoms with Gasteiger partial charge in [-0.2, -0.15) is 0 Å². The van der Waals surface area contributed by atoms with Crippen molar-refractivity contribution in [1.29, 1.82) is 0 Å². The minimum absolute atomic E-state index is 0.105. The Hall–Kier alpha value is -3.23. The van der Waals surface area contributed by atoms with E-state index in [1.807, 2.05) is 5.82 Å². The van der Waals surface area contributed by atoms with Gasteiger partial charge in [-0.25, -0.2) is 0 Å². The quantitative estimate of drug-likeness (QED) is 0.0256. The van der Waals surface area contributed by atoms with Crippen LogP contribution in [0.2, 0.25) is 11.1 Å². The molecule has 15 nitrogen and oxygen atoms in total. The average Bonchev–Trinajstić information content (AvgIpc) is 2.81. The molecule has 36 heavy (non-hydrogen) atoms. The first-order valence-electron chi connectivity index (χ1n) is 11.1. The molecule has 0 unspecified atom stereocenters. The molecular formula is C20H37N9O6Se. The number of aliphatic imine (C=N–C) groups is 1. The van der Waals surface area contributed by atoms with E-state index in [4.69, 9.17) is 22.9 Å². The average molecular weight is 579 g/mol. The van der Waals surface area contributed by atoms with Crippen LogP contribution in [0.4, 0.5) is 0 Å². The van der Waals surface area contributed by atoms with Crippen molar-refractivity contribution >= 4 is 56.7 Å². The summed E-state index contributed by atoms with van der Waals surface area (Å²) >= 11 is 0.352. The smallest absolute Gasteiger partial charge is 0.370 e. The van der Waals surface area contributed by atoms with E-state index in [-0.39, 0.29) is 25.3 Å². The second-order valence-corrected chi connectivity index (χ2v) is 9.89. The van der Waals surface area contributed by atoms with E-state index in [0.29, 0.717) is 34.1 Å². The number of primary amides is 1. The fraction of sp³-hybridized carbons (Fsp3) is 0.650. The van der Waals surface area contributed by atoms with Crippen LogP contribution >= 0.6 is 0 Å². The number of hydrogen-bond acceptors (Lipinski definition) is 8. The fourth-order valence-corrected chi connectivity index (χ4v) is 3.76. The predicted molar refractivity (Wildman–Crippen MR) is 133 cm³/mol. The number of amides is 5. The van der Waals surface area contributed by atoms with Crippen LogP contribution in [0.25, 0.3) is 0 Å². The molecule has 0 spiro atoms. The molecule has 0 aromatic heterocycles.